The lowest BCUT2D eigenvalue weighted by Gasteiger charge is -2.19. The van der Waals surface area contributed by atoms with E-state index in [0.29, 0.717) is 17.1 Å². The minimum atomic E-state index is -0.371. The van der Waals surface area contributed by atoms with Gasteiger partial charge in [-0.25, -0.2) is 0 Å². The Kier molecular flexibility index (Phi) is 5.94. The van der Waals surface area contributed by atoms with Crippen molar-refractivity contribution >= 4 is 17.4 Å². The maximum atomic E-state index is 13.4. The molecule has 0 unspecified atom stereocenters. The number of hydrogen-bond donors (Lipinski definition) is 1. The van der Waals surface area contributed by atoms with Gasteiger partial charge in [-0.1, -0.05) is 19.3 Å². The van der Waals surface area contributed by atoms with Crippen LogP contribution in [0, 0.1) is 11.3 Å². The van der Waals surface area contributed by atoms with Crippen molar-refractivity contribution in [2.24, 2.45) is 4.99 Å². The lowest BCUT2D eigenvalue weighted by molar-refractivity contribution is 0.105. The second-order valence-corrected chi connectivity index (χ2v) is 6.61. The molecule has 8 heteroatoms. The van der Waals surface area contributed by atoms with E-state index in [1.165, 1.54) is 24.4 Å². The minimum Gasteiger partial charge on any atom is -0.497 e. The van der Waals surface area contributed by atoms with Crippen molar-refractivity contribution in [2.75, 3.05) is 20.0 Å². The van der Waals surface area contributed by atoms with E-state index in [1.54, 1.807) is 25.3 Å². The number of anilines is 1. The molecule has 28 heavy (non-hydrogen) atoms. The normalized spacial score (nSPS) is 15.1. The molecule has 0 amide bonds. The van der Waals surface area contributed by atoms with Crippen LogP contribution in [0.1, 0.15) is 48.0 Å². The van der Waals surface area contributed by atoms with Gasteiger partial charge in [-0.05, 0) is 25.0 Å². The molecule has 8 nitrogen and oxygen atoms in total. The maximum absolute atomic E-state index is 13.4. The fourth-order valence-corrected chi connectivity index (χ4v) is 3.31. The Balaban J connectivity index is 2.08. The summed E-state index contributed by atoms with van der Waals surface area (Å²) in [6.45, 7) is 0. The highest BCUT2D eigenvalue weighted by Gasteiger charge is 2.26. The molecule has 1 fully saturated rings. The summed E-state index contributed by atoms with van der Waals surface area (Å²) in [6.07, 6.45) is 6.46. The number of carbonyl (C=O) groups excluding carboxylic acids is 1. The van der Waals surface area contributed by atoms with E-state index >= 15 is 0 Å². The second-order valence-electron chi connectivity index (χ2n) is 6.61. The van der Waals surface area contributed by atoms with Gasteiger partial charge in [-0.15, -0.1) is 0 Å². The molecular weight excluding hydrogens is 358 g/mol. The van der Waals surface area contributed by atoms with Gasteiger partial charge in [0, 0.05) is 6.07 Å². The SMILES string of the molecule is COc1ccc(C(=O)C(=NC2CCCCC2)n2ncc(C#N)c2N)c(OC)c1. The number of aliphatic imine (C=N–C) groups is 1. The molecule has 1 heterocycles. The van der Waals surface area contributed by atoms with Gasteiger partial charge in [-0.2, -0.15) is 15.0 Å². The van der Waals surface area contributed by atoms with Crippen LogP contribution in [-0.4, -0.2) is 41.7 Å². The molecule has 3 rings (SSSR count). The van der Waals surface area contributed by atoms with E-state index in [2.05, 4.69) is 5.10 Å². The lowest BCUT2D eigenvalue weighted by atomic mass is 9.96. The van der Waals surface area contributed by atoms with Crippen LogP contribution >= 0.6 is 0 Å². The van der Waals surface area contributed by atoms with Gasteiger partial charge in [0.25, 0.3) is 0 Å². The number of methoxy groups -OCH3 is 2. The summed E-state index contributed by atoms with van der Waals surface area (Å²) in [5.74, 6) is 0.757. The number of Topliss-reactive ketones (excluding diaryl/α,β-unsaturated/α-hetero) is 1. The predicted molar refractivity (Wildman–Crippen MR) is 105 cm³/mol. The average molecular weight is 381 g/mol. The molecule has 0 saturated heterocycles. The molecule has 0 aliphatic heterocycles. The van der Waals surface area contributed by atoms with Crippen molar-refractivity contribution in [2.45, 2.75) is 38.1 Å². The van der Waals surface area contributed by atoms with Crippen LogP contribution in [0.5, 0.6) is 11.5 Å². The Morgan fingerprint density at radius 3 is 2.64 bits per heavy atom. The van der Waals surface area contributed by atoms with Gasteiger partial charge in [0.05, 0.1) is 32.0 Å². The Morgan fingerprint density at radius 1 is 1.29 bits per heavy atom. The van der Waals surface area contributed by atoms with Crippen molar-refractivity contribution in [3.63, 3.8) is 0 Å². The number of ether oxygens (including phenoxy) is 2. The van der Waals surface area contributed by atoms with Crippen LogP contribution in [0.15, 0.2) is 29.4 Å². The smallest absolute Gasteiger partial charge is 0.233 e. The Bertz CT molecular complexity index is 936. The van der Waals surface area contributed by atoms with Crippen LogP contribution in [-0.2, 0) is 0 Å². The quantitative estimate of drug-likeness (QED) is 0.484. The molecule has 1 aliphatic rings. The molecule has 1 aliphatic carbocycles. The number of nitriles is 1. The van der Waals surface area contributed by atoms with E-state index in [-0.39, 0.29) is 29.0 Å². The number of nitrogens with two attached hydrogens (primary N) is 1. The maximum Gasteiger partial charge on any atom is 0.233 e. The molecule has 0 atom stereocenters. The van der Waals surface area contributed by atoms with Crippen molar-refractivity contribution in [1.29, 1.82) is 5.26 Å². The van der Waals surface area contributed by atoms with E-state index < -0.39 is 0 Å². The zero-order valence-electron chi connectivity index (χ0n) is 16.0. The van der Waals surface area contributed by atoms with E-state index in [0.717, 1.165) is 25.7 Å². The van der Waals surface area contributed by atoms with Crippen LogP contribution in [0.3, 0.4) is 0 Å². The van der Waals surface area contributed by atoms with Gasteiger partial charge in [-0.3, -0.25) is 9.79 Å². The summed E-state index contributed by atoms with van der Waals surface area (Å²) >= 11 is 0. The first-order valence-electron chi connectivity index (χ1n) is 9.17. The van der Waals surface area contributed by atoms with Gasteiger partial charge >= 0.3 is 0 Å². The van der Waals surface area contributed by atoms with Crippen LogP contribution in [0.4, 0.5) is 5.82 Å². The van der Waals surface area contributed by atoms with Crippen molar-refractivity contribution < 1.29 is 14.3 Å². The first-order valence-corrected chi connectivity index (χ1v) is 9.17. The van der Waals surface area contributed by atoms with Crippen molar-refractivity contribution in [1.82, 2.24) is 9.78 Å². The molecule has 1 aromatic carbocycles. The van der Waals surface area contributed by atoms with Crippen LogP contribution < -0.4 is 15.2 Å². The van der Waals surface area contributed by atoms with Gasteiger partial charge in [0.15, 0.2) is 5.84 Å². The van der Waals surface area contributed by atoms with E-state index in [4.69, 9.17) is 20.2 Å². The lowest BCUT2D eigenvalue weighted by Crippen LogP contribution is -2.28. The number of aromatic nitrogens is 2. The first-order chi connectivity index (χ1) is 13.6. The third-order valence-corrected chi connectivity index (χ3v) is 4.86. The average Bonchev–Trinajstić information content (AvgIpc) is 3.11. The number of hydrogen-bond acceptors (Lipinski definition) is 7. The zero-order valence-corrected chi connectivity index (χ0v) is 16.0. The van der Waals surface area contributed by atoms with Crippen molar-refractivity contribution in [3.05, 3.63) is 35.5 Å². The summed E-state index contributed by atoms with van der Waals surface area (Å²) in [5.41, 5.74) is 6.57. The third-order valence-electron chi connectivity index (χ3n) is 4.86. The molecule has 1 aromatic heterocycles. The zero-order chi connectivity index (χ0) is 20.1. The molecule has 2 N–H and O–H groups in total. The van der Waals surface area contributed by atoms with Gasteiger partial charge < -0.3 is 15.2 Å². The summed E-state index contributed by atoms with van der Waals surface area (Å²) in [5, 5.41) is 13.3. The number of carbonyl (C=O) groups is 1. The largest absolute Gasteiger partial charge is 0.497 e. The number of benzene rings is 1. The monoisotopic (exact) mass is 381 g/mol. The Morgan fingerprint density at radius 2 is 2.04 bits per heavy atom. The summed E-state index contributed by atoms with van der Waals surface area (Å²) < 4.78 is 11.8. The molecular formula is C20H23N5O3. The Hall–Kier alpha value is -3.34. The Labute approximate surface area is 163 Å². The van der Waals surface area contributed by atoms with E-state index in [9.17, 15) is 10.1 Å². The number of rotatable bonds is 5. The van der Waals surface area contributed by atoms with Crippen LogP contribution in [0.2, 0.25) is 0 Å². The molecule has 0 radical (unpaired) electrons. The summed E-state index contributed by atoms with van der Waals surface area (Å²) in [7, 11) is 3.03. The minimum absolute atomic E-state index is 0.0195. The highest BCUT2D eigenvalue weighted by atomic mass is 16.5. The summed E-state index contributed by atoms with van der Waals surface area (Å²) in [4.78, 5) is 18.1. The van der Waals surface area contributed by atoms with Gasteiger partial charge in [0.2, 0.25) is 5.78 Å². The highest BCUT2D eigenvalue weighted by molar-refractivity contribution is 6.46. The standard InChI is InChI=1S/C20H23N5O3/c1-27-15-8-9-16(17(10-15)28-2)18(26)20(24-14-6-4-3-5-7-14)25-19(22)13(11-21)12-23-25/h8-10,12,14H,3-7,22H2,1-2H3. The fraction of sp³-hybridized carbons (Fsp3) is 0.400. The fourth-order valence-electron chi connectivity index (χ4n) is 3.31. The molecule has 146 valence electrons. The topological polar surface area (TPSA) is 116 Å². The third kappa shape index (κ3) is 3.83. The number of nitrogens with zero attached hydrogens (tertiary/aromatic N) is 4. The molecule has 0 spiro atoms. The second kappa shape index (κ2) is 8.57. The highest BCUT2D eigenvalue weighted by Crippen LogP contribution is 2.27. The molecule has 0 bridgehead atoms. The first kappa shape index (κ1) is 19.4. The van der Waals surface area contributed by atoms with Crippen molar-refractivity contribution in [3.8, 4) is 17.6 Å². The van der Waals surface area contributed by atoms with Crippen LogP contribution in [0.25, 0.3) is 0 Å². The van der Waals surface area contributed by atoms with E-state index in [1.807, 2.05) is 6.07 Å². The number of nitrogen functional groups attached to an aromatic ring is 1. The molecule has 1 saturated carbocycles. The van der Waals surface area contributed by atoms with Gasteiger partial charge in [0.1, 0.15) is 28.9 Å². The predicted octanol–water partition coefficient (Wildman–Crippen LogP) is 2.82. The molecule has 2 aromatic rings. The summed E-state index contributed by atoms with van der Waals surface area (Å²) in [6, 6.07) is 6.94. The number of ketones is 1.